The number of esters is 1. The van der Waals surface area contributed by atoms with E-state index in [4.69, 9.17) is 4.74 Å². The molecule has 3 aromatic carbocycles. The van der Waals surface area contributed by atoms with Crippen molar-refractivity contribution < 1.29 is 14.3 Å². The molecule has 1 aromatic heterocycles. The highest BCUT2D eigenvalue weighted by Gasteiger charge is 2.24. The fraction of sp³-hybridized carbons (Fsp3) is 0.125. The molecule has 0 aliphatic rings. The van der Waals surface area contributed by atoms with Crippen LogP contribution in [0.1, 0.15) is 15.9 Å². The SMILES string of the molecule is O=C(NC(Cc1ccccc1)C(=O)OCn1nnc2ccccc2c1=O)c1ccccc1. The van der Waals surface area contributed by atoms with Crippen molar-refractivity contribution in [2.75, 3.05) is 0 Å². The Morgan fingerprint density at radius 1 is 0.906 bits per heavy atom. The number of rotatable bonds is 7. The molecule has 8 heteroatoms. The Morgan fingerprint density at radius 2 is 1.56 bits per heavy atom. The Morgan fingerprint density at radius 3 is 2.31 bits per heavy atom. The standard InChI is InChI=1S/C24H20N4O4/c29-22(18-11-5-2-6-12-18)25-21(15-17-9-3-1-4-10-17)24(31)32-16-28-23(30)19-13-7-8-14-20(19)26-27-28/h1-14,21H,15-16H2,(H,25,29). The minimum Gasteiger partial charge on any atom is -0.441 e. The van der Waals surface area contributed by atoms with Crippen LogP contribution in [0.25, 0.3) is 10.9 Å². The highest BCUT2D eigenvalue weighted by atomic mass is 16.5. The van der Waals surface area contributed by atoms with Gasteiger partial charge < -0.3 is 10.1 Å². The molecule has 4 aromatic rings. The van der Waals surface area contributed by atoms with Crippen molar-refractivity contribution >= 4 is 22.8 Å². The Hall–Kier alpha value is -4.33. The van der Waals surface area contributed by atoms with Crippen molar-refractivity contribution in [3.8, 4) is 0 Å². The lowest BCUT2D eigenvalue weighted by Gasteiger charge is -2.18. The Bertz CT molecular complexity index is 1290. The molecule has 160 valence electrons. The molecule has 0 saturated carbocycles. The average molecular weight is 428 g/mol. The van der Waals surface area contributed by atoms with Gasteiger partial charge in [-0.15, -0.1) is 5.10 Å². The summed E-state index contributed by atoms with van der Waals surface area (Å²) in [6, 6.07) is 23.7. The summed E-state index contributed by atoms with van der Waals surface area (Å²) in [6.45, 7) is -0.415. The van der Waals surface area contributed by atoms with E-state index in [1.807, 2.05) is 30.3 Å². The van der Waals surface area contributed by atoms with Gasteiger partial charge >= 0.3 is 5.97 Å². The number of carbonyl (C=O) groups is 2. The molecule has 0 aliphatic carbocycles. The number of hydrogen-bond acceptors (Lipinski definition) is 6. The highest BCUT2D eigenvalue weighted by molar-refractivity contribution is 5.96. The normalized spacial score (nSPS) is 11.6. The second-order valence-corrected chi connectivity index (χ2v) is 7.09. The summed E-state index contributed by atoms with van der Waals surface area (Å²) >= 11 is 0. The van der Waals surface area contributed by atoms with Gasteiger partial charge in [0.25, 0.3) is 11.5 Å². The third-order valence-corrected chi connectivity index (χ3v) is 4.87. The van der Waals surface area contributed by atoms with Gasteiger partial charge in [-0.05, 0) is 29.8 Å². The molecule has 1 atom stereocenters. The van der Waals surface area contributed by atoms with Gasteiger partial charge in [-0.2, -0.15) is 4.68 Å². The first-order valence-electron chi connectivity index (χ1n) is 10.0. The lowest BCUT2D eigenvalue weighted by atomic mass is 10.1. The first kappa shape index (κ1) is 20.9. The van der Waals surface area contributed by atoms with Crippen LogP contribution in [-0.4, -0.2) is 32.9 Å². The topological polar surface area (TPSA) is 103 Å². The molecule has 0 aliphatic heterocycles. The van der Waals surface area contributed by atoms with Gasteiger partial charge in [-0.3, -0.25) is 9.59 Å². The zero-order valence-corrected chi connectivity index (χ0v) is 17.0. The van der Waals surface area contributed by atoms with Crippen LogP contribution in [-0.2, 0) is 22.7 Å². The number of nitrogens with one attached hydrogen (secondary N) is 1. The zero-order valence-electron chi connectivity index (χ0n) is 17.0. The van der Waals surface area contributed by atoms with Crippen LogP contribution in [0.2, 0.25) is 0 Å². The van der Waals surface area contributed by atoms with Gasteiger partial charge in [-0.25, -0.2) is 4.79 Å². The maximum Gasteiger partial charge on any atom is 0.330 e. The van der Waals surface area contributed by atoms with Crippen LogP contribution in [0.5, 0.6) is 0 Å². The zero-order chi connectivity index (χ0) is 22.3. The number of hydrogen-bond donors (Lipinski definition) is 1. The molecule has 0 spiro atoms. The van der Waals surface area contributed by atoms with Gasteiger partial charge in [-0.1, -0.05) is 65.9 Å². The van der Waals surface area contributed by atoms with E-state index in [9.17, 15) is 14.4 Å². The second-order valence-electron chi connectivity index (χ2n) is 7.09. The van der Waals surface area contributed by atoms with Crippen molar-refractivity contribution in [3.63, 3.8) is 0 Å². The molecule has 0 bridgehead atoms. The lowest BCUT2D eigenvalue weighted by molar-refractivity contribution is -0.150. The summed E-state index contributed by atoms with van der Waals surface area (Å²) in [4.78, 5) is 38.1. The third-order valence-electron chi connectivity index (χ3n) is 4.87. The molecule has 8 nitrogen and oxygen atoms in total. The number of aromatic nitrogens is 3. The number of ether oxygens (including phenoxy) is 1. The molecule has 0 fully saturated rings. The van der Waals surface area contributed by atoms with E-state index in [0.29, 0.717) is 16.5 Å². The van der Waals surface area contributed by atoms with E-state index in [2.05, 4.69) is 15.6 Å². The molecule has 0 radical (unpaired) electrons. The van der Waals surface area contributed by atoms with Crippen molar-refractivity contribution in [3.05, 3.63) is 106 Å². The fourth-order valence-electron chi connectivity index (χ4n) is 3.21. The molecule has 1 amide bonds. The summed E-state index contributed by atoms with van der Waals surface area (Å²) in [7, 11) is 0. The Kier molecular flexibility index (Phi) is 6.31. The van der Waals surface area contributed by atoms with Crippen molar-refractivity contribution in [2.24, 2.45) is 0 Å². The van der Waals surface area contributed by atoms with Gasteiger partial charge in [0.2, 0.25) is 0 Å². The molecule has 0 saturated heterocycles. The van der Waals surface area contributed by atoms with E-state index < -0.39 is 30.2 Å². The maximum absolute atomic E-state index is 12.9. The quantitative estimate of drug-likeness (QED) is 0.453. The van der Waals surface area contributed by atoms with E-state index in [1.165, 1.54) is 0 Å². The smallest absolute Gasteiger partial charge is 0.330 e. The fourth-order valence-corrected chi connectivity index (χ4v) is 3.21. The van der Waals surface area contributed by atoms with E-state index in [0.717, 1.165) is 10.2 Å². The number of carbonyl (C=O) groups excluding carboxylic acids is 2. The van der Waals surface area contributed by atoms with E-state index in [-0.39, 0.29) is 6.42 Å². The van der Waals surface area contributed by atoms with Crippen LogP contribution < -0.4 is 10.9 Å². The molecule has 1 heterocycles. The second kappa shape index (κ2) is 9.65. The average Bonchev–Trinajstić information content (AvgIpc) is 2.84. The summed E-state index contributed by atoms with van der Waals surface area (Å²) in [6.07, 6.45) is 0.233. The molecular weight excluding hydrogens is 408 g/mol. The molecular formula is C24H20N4O4. The first-order valence-corrected chi connectivity index (χ1v) is 10.0. The number of nitrogens with zero attached hydrogens (tertiary/aromatic N) is 3. The first-order chi connectivity index (χ1) is 15.6. The van der Waals surface area contributed by atoms with Crippen molar-refractivity contribution in [1.82, 2.24) is 20.3 Å². The molecule has 32 heavy (non-hydrogen) atoms. The van der Waals surface area contributed by atoms with Crippen LogP contribution in [0.3, 0.4) is 0 Å². The largest absolute Gasteiger partial charge is 0.441 e. The predicted octanol–water partition coefficient (Wildman–Crippen LogP) is 2.33. The van der Waals surface area contributed by atoms with Gasteiger partial charge in [0.15, 0.2) is 6.73 Å². The number of amides is 1. The Labute approximate surface area is 183 Å². The van der Waals surface area contributed by atoms with Crippen LogP contribution >= 0.6 is 0 Å². The van der Waals surface area contributed by atoms with E-state index >= 15 is 0 Å². The van der Waals surface area contributed by atoms with Crippen LogP contribution in [0.4, 0.5) is 0 Å². The summed E-state index contributed by atoms with van der Waals surface area (Å²) in [5.74, 6) is -1.08. The summed E-state index contributed by atoms with van der Waals surface area (Å²) < 4.78 is 6.31. The Balaban J connectivity index is 1.51. The van der Waals surface area contributed by atoms with Crippen molar-refractivity contribution in [2.45, 2.75) is 19.2 Å². The van der Waals surface area contributed by atoms with Gasteiger partial charge in [0.05, 0.1) is 5.39 Å². The summed E-state index contributed by atoms with van der Waals surface area (Å²) in [5, 5.41) is 10.9. The van der Waals surface area contributed by atoms with E-state index in [1.54, 1.807) is 54.6 Å². The van der Waals surface area contributed by atoms with Crippen molar-refractivity contribution in [1.29, 1.82) is 0 Å². The van der Waals surface area contributed by atoms with Crippen LogP contribution in [0, 0.1) is 0 Å². The third kappa shape index (κ3) is 4.86. The van der Waals surface area contributed by atoms with Crippen LogP contribution in [0.15, 0.2) is 89.7 Å². The summed E-state index contributed by atoms with van der Waals surface area (Å²) in [5.41, 5.74) is 1.31. The minimum atomic E-state index is -0.950. The number of fused-ring (bicyclic) bond motifs is 1. The predicted molar refractivity (Wildman–Crippen MR) is 118 cm³/mol. The highest BCUT2D eigenvalue weighted by Crippen LogP contribution is 2.08. The molecule has 1 unspecified atom stereocenters. The minimum absolute atomic E-state index is 0.233. The number of benzene rings is 3. The maximum atomic E-state index is 12.9. The van der Waals surface area contributed by atoms with Gasteiger partial charge in [0, 0.05) is 12.0 Å². The molecule has 1 N–H and O–H groups in total. The van der Waals surface area contributed by atoms with Gasteiger partial charge in [0.1, 0.15) is 11.6 Å². The molecule has 4 rings (SSSR count). The lowest BCUT2D eigenvalue weighted by Crippen LogP contribution is -2.44. The monoisotopic (exact) mass is 428 g/mol.